The van der Waals surface area contributed by atoms with Crippen LogP contribution < -0.4 is 16.4 Å². The van der Waals surface area contributed by atoms with Crippen LogP contribution in [0.1, 0.15) is 41.4 Å². The fourth-order valence-corrected chi connectivity index (χ4v) is 3.60. The van der Waals surface area contributed by atoms with E-state index in [1.807, 2.05) is 13.8 Å². The number of hydrogen-bond acceptors (Lipinski definition) is 5. The summed E-state index contributed by atoms with van der Waals surface area (Å²) in [6.07, 6.45) is 1.37. The second-order valence-electron chi connectivity index (χ2n) is 7.51. The molecule has 2 aromatic heterocycles. The van der Waals surface area contributed by atoms with Crippen LogP contribution in [0.25, 0.3) is 5.52 Å². The Morgan fingerprint density at radius 2 is 1.84 bits per heavy atom. The minimum atomic E-state index is -0.475. The van der Waals surface area contributed by atoms with Gasteiger partial charge in [-0.05, 0) is 36.2 Å². The number of urea groups is 1. The molecule has 0 bridgehead atoms. The number of fused-ring (bicyclic) bond motifs is 1. The molecule has 9 heteroatoms. The van der Waals surface area contributed by atoms with E-state index < -0.39 is 6.03 Å². The summed E-state index contributed by atoms with van der Waals surface area (Å²) in [6, 6.07) is 14.9. The maximum absolute atomic E-state index is 13.4. The summed E-state index contributed by atoms with van der Waals surface area (Å²) in [5, 5.41) is 10.1. The number of anilines is 3. The monoisotopic (exact) mass is 448 g/mol. The molecular weight excluding hydrogens is 428 g/mol. The van der Waals surface area contributed by atoms with Gasteiger partial charge in [0.1, 0.15) is 11.8 Å². The molecule has 0 aliphatic rings. The van der Waals surface area contributed by atoms with Crippen LogP contribution in [0.5, 0.6) is 0 Å². The fourth-order valence-electron chi connectivity index (χ4n) is 3.42. The van der Waals surface area contributed by atoms with Crippen LogP contribution in [0.2, 0.25) is 5.02 Å². The molecule has 8 nitrogen and oxygen atoms in total. The lowest BCUT2D eigenvalue weighted by atomic mass is 10.0. The molecule has 0 fully saturated rings. The zero-order valence-corrected chi connectivity index (χ0v) is 18.2. The first-order valence-electron chi connectivity index (χ1n) is 9.94. The van der Waals surface area contributed by atoms with Crippen molar-refractivity contribution in [2.24, 2.45) is 0 Å². The predicted octanol–water partition coefficient (Wildman–Crippen LogP) is 4.96. The molecule has 0 saturated carbocycles. The zero-order chi connectivity index (χ0) is 22.8. The third kappa shape index (κ3) is 4.13. The van der Waals surface area contributed by atoms with Crippen molar-refractivity contribution in [3.63, 3.8) is 0 Å². The van der Waals surface area contributed by atoms with Gasteiger partial charge in [-0.1, -0.05) is 49.7 Å². The quantitative estimate of drug-likeness (QED) is 0.373. The molecular formula is C23H21ClN6O2. The molecule has 2 aromatic carbocycles. The maximum atomic E-state index is 13.4. The first-order chi connectivity index (χ1) is 15.3. The summed E-state index contributed by atoms with van der Waals surface area (Å²) < 4.78 is 1.65. The van der Waals surface area contributed by atoms with E-state index in [9.17, 15) is 9.59 Å². The number of rotatable bonds is 5. The molecule has 2 amide bonds. The number of nitrogens with zero attached hydrogens (tertiary/aromatic N) is 3. The van der Waals surface area contributed by atoms with E-state index in [2.05, 4.69) is 20.7 Å². The van der Waals surface area contributed by atoms with Crippen molar-refractivity contribution < 1.29 is 9.59 Å². The van der Waals surface area contributed by atoms with E-state index in [4.69, 9.17) is 17.3 Å². The van der Waals surface area contributed by atoms with Crippen molar-refractivity contribution in [1.29, 1.82) is 0 Å². The predicted molar refractivity (Wildman–Crippen MR) is 125 cm³/mol. The van der Waals surface area contributed by atoms with Crippen molar-refractivity contribution >= 4 is 46.1 Å². The Hall–Kier alpha value is -3.91. The molecule has 0 aliphatic carbocycles. The third-order valence-corrected chi connectivity index (χ3v) is 5.28. The SMILES string of the molecule is CC(C)c1cc(C(=O)c2cccc(NC(=O)Nc3ccccc3Cl)c2)c2c(N)ncnn12. The van der Waals surface area contributed by atoms with Gasteiger partial charge in [-0.3, -0.25) is 4.79 Å². The number of benzene rings is 2. The molecule has 0 spiro atoms. The second-order valence-corrected chi connectivity index (χ2v) is 7.92. The molecule has 0 saturated heterocycles. The molecule has 0 atom stereocenters. The Labute approximate surface area is 189 Å². The summed E-state index contributed by atoms with van der Waals surface area (Å²) >= 11 is 6.08. The van der Waals surface area contributed by atoms with E-state index >= 15 is 0 Å². The standard InChI is InChI=1S/C23H21ClN6O2/c1-13(2)19-11-16(20-22(25)26-12-27-30(19)20)21(31)14-6-5-7-15(10-14)28-23(32)29-18-9-4-3-8-17(18)24/h3-13H,1-2H3,(H2,25,26,27)(H2,28,29,32). The number of para-hydroxylation sites is 1. The summed E-state index contributed by atoms with van der Waals surface area (Å²) in [4.78, 5) is 29.8. The van der Waals surface area contributed by atoms with Gasteiger partial charge in [0.2, 0.25) is 0 Å². The highest BCUT2D eigenvalue weighted by molar-refractivity contribution is 6.33. The summed E-state index contributed by atoms with van der Waals surface area (Å²) in [6.45, 7) is 4.02. The number of nitrogen functional groups attached to an aromatic ring is 1. The minimum absolute atomic E-state index is 0.125. The molecule has 4 N–H and O–H groups in total. The third-order valence-electron chi connectivity index (χ3n) is 4.95. The number of hydrogen-bond donors (Lipinski definition) is 3. The van der Waals surface area contributed by atoms with E-state index in [0.29, 0.717) is 33.0 Å². The Morgan fingerprint density at radius 3 is 2.59 bits per heavy atom. The average Bonchev–Trinajstić information content (AvgIpc) is 3.16. The largest absolute Gasteiger partial charge is 0.382 e. The van der Waals surface area contributed by atoms with E-state index in [1.165, 1.54) is 6.33 Å². The lowest BCUT2D eigenvalue weighted by molar-refractivity contribution is 0.104. The van der Waals surface area contributed by atoms with Crippen LogP contribution in [-0.4, -0.2) is 26.4 Å². The first kappa shape index (κ1) is 21.3. The normalized spacial score (nSPS) is 11.0. The van der Waals surface area contributed by atoms with Crippen LogP contribution in [-0.2, 0) is 0 Å². The summed E-state index contributed by atoms with van der Waals surface area (Å²) in [5.74, 6) is 0.106. The number of carbonyl (C=O) groups excluding carboxylic acids is 2. The first-order valence-corrected chi connectivity index (χ1v) is 10.3. The Kier molecular flexibility index (Phi) is 5.79. The minimum Gasteiger partial charge on any atom is -0.382 e. The number of aromatic nitrogens is 3. The van der Waals surface area contributed by atoms with Crippen LogP contribution in [0.4, 0.5) is 22.0 Å². The molecule has 0 aliphatic heterocycles. The van der Waals surface area contributed by atoms with Gasteiger partial charge >= 0.3 is 6.03 Å². The highest BCUT2D eigenvalue weighted by atomic mass is 35.5. The Morgan fingerprint density at radius 1 is 1.06 bits per heavy atom. The van der Waals surface area contributed by atoms with Crippen LogP contribution in [0.15, 0.2) is 60.9 Å². The van der Waals surface area contributed by atoms with Gasteiger partial charge in [-0.25, -0.2) is 14.3 Å². The number of halogens is 1. The smallest absolute Gasteiger partial charge is 0.323 e. The Balaban J connectivity index is 1.62. The topological polar surface area (TPSA) is 114 Å². The van der Waals surface area contributed by atoms with Gasteiger partial charge in [0.15, 0.2) is 11.6 Å². The van der Waals surface area contributed by atoms with Gasteiger partial charge in [0.05, 0.1) is 16.3 Å². The van der Waals surface area contributed by atoms with Crippen LogP contribution in [0, 0.1) is 0 Å². The zero-order valence-electron chi connectivity index (χ0n) is 17.5. The van der Waals surface area contributed by atoms with Gasteiger partial charge in [0.25, 0.3) is 0 Å². The van der Waals surface area contributed by atoms with E-state index in [0.717, 1.165) is 5.69 Å². The molecule has 0 unspecified atom stereocenters. The summed E-state index contributed by atoms with van der Waals surface area (Å²) in [7, 11) is 0. The lowest BCUT2D eigenvalue weighted by Gasteiger charge is -2.10. The maximum Gasteiger partial charge on any atom is 0.323 e. The number of carbonyl (C=O) groups is 2. The molecule has 162 valence electrons. The summed E-state index contributed by atoms with van der Waals surface area (Å²) in [5.41, 5.74) is 9.13. The van der Waals surface area contributed by atoms with Gasteiger partial charge in [-0.2, -0.15) is 5.10 Å². The van der Waals surface area contributed by atoms with Crippen molar-refractivity contribution in [3.05, 3.63) is 82.8 Å². The van der Waals surface area contributed by atoms with Crippen molar-refractivity contribution in [1.82, 2.24) is 14.6 Å². The highest BCUT2D eigenvalue weighted by Crippen LogP contribution is 2.28. The van der Waals surface area contributed by atoms with E-state index in [-0.39, 0.29) is 17.5 Å². The Bertz CT molecular complexity index is 1330. The average molecular weight is 449 g/mol. The van der Waals surface area contributed by atoms with Crippen molar-refractivity contribution in [3.8, 4) is 0 Å². The second kappa shape index (κ2) is 8.68. The molecule has 4 aromatic rings. The lowest BCUT2D eigenvalue weighted by Crippen LogP contribution is -2.19. The number of amides is 2. The highest BCUT2D eigenvalue weighted by Gasteiger charge is 2.22. The molecule has 0 radical (unpaired) electrons. The van der Waals surface area contributed by atoms with E-state index in [1.54, 1.807) is 59.1 Å². The molecule has 2 heterocycles. The molecule has 32 heavy (non-hydrogen) atoms. The van der Waals surface area contributed by atoms with Gasteiger partial charge < -0.3 is 16.4 Å². The molecule has 4 rings (SSSR count). The van der Waals surface area contributed by atoms with Crippen molar-refractivity contribution in [2.75, 3.05) is 16.4 Å². The van der Waals surface area contributed by atoms with Gasteiger partial charge in [0, 0.05) is 16.9 Å². The van der Waals surface area contributed by atoms with Crippen LogP contribution in [0.3, 0.4) is 0 Å². The number of nitrogens with one attached hydrogen (secondary N) is 2. The number of ketones is 1. The van der Waals surface area contributed by atoms with Gasteiger partial charge in [-0.15, -0.1) is 0 Å². The number of nitrogens with two attached hydrogens (primary N) is 1. The van der Waals surface area contributed by atoms with Crippen molar-refractivity contribution in [2.45, 2.75) is 19.8 Å². The van der Waals surface area contributed by atoms with Crippen LogP contribution >= 0.6 is 11.6 Å². The fraction of sp³-hybridized carbons (Fsp3) is 0.130.